The van der Waals surface area contributed by atoms with E-state index < -0.39 is 0 Å². The number of aromatic nitrogens is 3. The smallest absolute Gasteiger partial charge is 0.164 e. The first-order valence-electron chi connectivity index (χ1n) is 4.37. The van der Waals surface area contributed by atoms with Crippen molar-refractivity contribution in [2.75, 3.05) is 7.05 Å². The summed E-state index contributed by atoms with van der Waals surface area (Å²) in [6.45, 7) is 0.905. The Labute approximate surface area is 86.6 Å². The summed E-state index contributed by atoms with van der Waals surface area (Å²) in [6.07, 6.45) is 1.71. The van der Waals surface area contributed by atoms with E-state index in [-0.39, 0.29) is 0 Å². The van der Waals surface area contributed by atoms with Crippen molar-refractivity contribution in [1.82, 2.24) is 20.1 Å². The molecule has 1 N–H and O–H groups in total. The van der Waals surface area contributed by atoms with Crippen LogP contribution >= 0.6 is 11.3 Å². The van der Waals surface area contributed by atoms with Gasteiger partial charge in [-0.25, -0.2) is 0 Å². The number of nitrogens with one attached hydrogen (secondary N) is 1. The van der Waals surface area contributed by atoms with Crippen LogP contribution in [0.15, 0.2) is 17.8 Å². The second-order valence-corrected chi connectivity index (χ2v) is 4.09. The quantitative estimate of drug-likeness (QED) is 0.826. The minimum absolute atomic E-state index is 0.905. The molecule has 0 saturated carbocycles. The zero-order chi connectivity index (χ0) is 9.97. The van der Waals surface area contributed by atoms with Crippen molar-refractivity contribution in [3.05, 3.63) is 22.7 Å². The molecule has 0 aliphatic carbocycles. The van der Waals surface area contributed by atoms with Crippen LogP contribution in [0.5, 0.6) is 0 Å². The van der Waals surface area contributed by atoms with E-state index in [4.69, 9.17) is 0 Å². The Morgan fingerprint density at radius 3 is 3.07 bits per heavy atom. The van der Waals surface area contributed by atoms with Crippen LogP contribution < -0.4 is 5.32 Å². The summed E-state index contributed by atoms with van der Waals surface area (Å²) < 4.78 is 1.92. The van der Waals surface area contributed by atoms with E-state index in [1.165, 1.54) is 4.88 Å². The first-order chi connectivity index (χ1) is 6.81. The van der Waals surface area contributed by atoms with Crippen molar-refractivity contribution < 1.29 is 0 Å². The predicted molar refractivity (Wildman–Crippen MR) is 57.1 cm³/mol. The molecule has 0 amide bonds. The van der Waals surface area contributed by atoms with Crippen LogP contribution in [0.3, 0.4) is 0 Å². The van der Waals surface area contributed by atoms with Gasteiger partial charge in [0.25, 0.3) is 0 Å². The third kappa shape index (κ3) is 1.69. The van der Waals surface area contributed by atoms with E-state index >= 15 is 0 Å². The van der Waals surface area contributed by atoms with Crippen LogP contribution in [0.25, 0.3) is 11.4 Å². The third-order valence-corrected chi connectivity index (χ3v) is 2.91. The van der Waals surface area contributed by atoms with Gasteiger partial charge in [0.1, 0.15) is 6.33 Å². The van der Waals surface area contributed by atoms with Gasteiger partial charge in [0.2, 0.25) is 0 Å². The largest absolute Gasteiger partial charge is 0.317 e. The van der Waals surface area contributed by atoms with Crippen molar-refractivity contribution in [1.29, 1.82) is 0 Å². The van der Waals surface area contributed by atoms with Crippen molar-refractivity contribution in [3.8, 4) is 11.4 Å². The number of rotatable bonds is 3. The molecule has 2 aromatic rings. The Hall–Kier alpha value is -1.20. The molecule has 0 aromatic carbocycles. The highest BCUT2D eigenvalue weighted by atomic mass is 32.1. The molecule has 0 radical (unpaired) electrons. The molecule has 0 bridgehead atoms. The molecule has 2 aromatic heterocycles. The van der Waals surface area contributed by atoms with E-state index in [1.54, 1.807) is 17.7 Å². The fourth-order valence-corrected chi connectivity index (χ4v) is 2.18. The normalized spacial score (nSPS) is 10.7. The fourth-order valence-electron chi connectivity index (χ4n) is 1.31. The molecular weight excluding hydrogens is 196 g/mol. The van der Waals surface area contributed by atoms with Crippen LogP contribution in [-0.2, 0) is 13.6 Å². The monoisotopic (exact) mass is 208 g/mol. The summed E-state index contributed by atoms with van der Waals surface area (Å²) in [7, 11) is 3.90. The van der Waals surface area contributed by atoms with Gasteiger partial charge in [0.15, 0.2) is 5.82 Å². The highest BCUT2D eigenvalue weighted by Crippen LogP contribution is 2.23. The fraction of sp³-hybridized carbons (Fsp3) is 0.333. The van der Waals surface area contributed by atoms with Crippen molar-refractivity contribution in [2.45, 2.75) is 6.54 Å². The molecule has 74 valence electrons. The molecule has 0 aliphatic heterocycles. The standard InChI is InChI=1S/C9H12N4S/c1-10-4-8-3-7(5-14-8)9-12-11-6-13(9)2/h3,5-6,10H,4H2,1-2H3. The van der Waals surface area contributed by atoms with Gasteiger partial charge >= 0.3 is 0 Å². The Morgan fingerprint density at radius 2 is 2.43 bits per heavy atom. The van der Waals surface area contributed by atoms with E-state index in [0.717, 1.165) is 17.9 Å². The molecule has 2 rings (SSSR count). The summed E-state index contributed by atoms with van der Waals surface area (Å²) in [6, 6.07) is 2.14. The second kappa shape index (κ2) is 3.89. The maximum absolute atomic E-state index is 4.06. The molecule has 0 saturated heterocycles. The Balaban J connectivity index is 2.29. The molecule has 2 heterocycles. The number of aryl methyl sites for hydroxylation is 1. The molecule has 5 heteroatoms. The summed E-state index contributed by atoms with van der Waals surface area (Å²) >= 11 is 1.74. The lowest BCUT2D eigenvalue weighted by atomic mass is 10.3. The lowest BCUT2D eigenvalue weighted by Gasteiger charge is -1.95. The van der Waals surface area contributed by atoms with Gasteiger partial charge in [0.05, 0.1) is 0 Å². The van der Waals surface area contributed by atoms with E-state index in [9.17, 15) is 0 Å². The molecule has 14 heavy (non-hydrogen) atoms. The lowest BCUT2D eigenvalue weighted by molar-refractivity contribution is 0.831. The van der Waals surface area contributed by atoms with Crippen LogP contribution in [-0.4, -0.2) is 21.8 Å². The Kier molecular flexibility index (Phi) is 2.60. The average Bonchev–Trinajstić information content (AvgIpc) is 2.74. The first kappa shape index (κ1) is 9.36. The number of hydrogen-bond acceptors (Lipinski definition) is 4. The van der Waals surface area contributed by atoms with E-state index in [1.807, 2.05) is 18.7 Å². The van der Waals surface area contributed by atoms with Gasteiger partial charge in [-0.3, -0.25) is 0 Å². The molecule has 0 fully saturated rings. The highest BCUT2D eigenvalue weighted by Gasteiger charge is 2.06. The minimum Gasteiger partial charge on any atom is -0.317 e. The molecule has 0 unspecified atom stereocenters. The topological polar surface area (TPSA) is 42.7 Å². The summed E-state index contributed by atoms with van der Waals surface area (Å²) in [5, 5.41) is 13.1. The van der Waals surface area contributed by atoms with E-state index in [0.29, 0.717) is 0 Å². The SMILES string of the molecule is CNCc1cc(-c2nncn2C)cs1. The number of thiophene rings is 1. The average molecular weight is 208 g/mol. The van der Waals surface area contributed by atoms with E-state index in [2.05, 4.69) is 27.0 Å². The molecule has 0 aliphatic rings. The summed E-state index contributed by atoms with van der Waals surface area (Å²) in [5.41, 5.74) is 1.14. The van der Waals surface area contributed by atoms with Crippen LogP contribution in [0.2, 0.25) is 0 Å². The van der Waals surface area contributed by atoms with Crippen LogP contribution in [0, 0.1) is 0 Å². The molecule has 4 nitrogen and oxygen atoms in total. The summed E-state index contributed by atoms with van der Waals surface area (Å²) in [4.78, 5) is 1.31. The van der Waals surface area contributed by atoms with Crippen LogP contribution in [0.1, 0.15) is 4.88 Å². The van der Waals surface area contributed by atoms with Gasteiger partial charge in [-0.1, -0.05) is 0 Å². The van der Waals surface area contributed by atoms with Gasteiger partial charge in [-0.15, -0.1) is 21.5 Å². The van der Waals surface area contributed by atoms with Crippen molar-refractivity contribution >= 4 is 11.3 Å². The van der Waals surface area contributed by atoms with Crippen molar-refractivity contribution in [3.63, 3.8) is 0 Å². The Morgan fingerprint density at radius 1 is 1.57 bits per heavy atom. The lowest BCUT2D eigenvalue weighted by Crippen LogP contribution is -2.02. The van der Waals surface area contributed by atoms with Gasteiger partial charge in [-0.2, -0.15) is 0 Å². The molecule has 0 spiro atoms. The maximum Gasteiger partial charge on any atom is 0.164 e. The Bertz CT molecular complexity index is 418. The third-order valence-electron chi connectivity index (χ3n) is 1.97. The van der Waals surface area contributed by atoms with Gasteiger partial charge in [-0.05, 0) is 13.1 Å². The van der Waals surface area contributed by atoms with Crippen LogP contribution in [0.4, 0.5) is 0 Å². The molecule has 0 atom stereocenters. The second-order valence-electron chi connectivity index (χ2n) is 3.10. The molecular formula is C9H12N4S. The first-order valence-corrected chi connectivity index (χ1v) is 5.25. The predicted octanol–water partition coefficient (Wildman–Crippen LogP) is 1.26. The highest BCUT2D eigenvalue weighted by molar-refractivity contribution is 7.10. The van der Waals surface area contributed by atoms with Gasteiger partial charge in [0, 0.05) is 29.4 Å². The zero-order valence-corrected chi connectivity index (χ0v) is 9.01. The van der Waals surface area contributed by atoms with Gasteiger partial charge < -0.3 is 9.88 Å². The number of nitrogens with zero attached hydrogens (tertiary/aromatic N) is 3. The zero-order valence-electron chi connectivity index (χ0n) is 8.19. The maximum atomic E-state index is 4.06. The minimum atomic E-state index is 0.905. The number of hydrogen-bond donors (Lipinski definition) is 1. The van der Waals surface area contributed by atoms with Crippen molar-refractivity contribution in [2.24, 2.45) is 7.05 Å². The summed E-state index contributed by atoms with van der Waals surface area (Å²) in [5.74, 6) is 0.920.